The fourth-order valence-corrected chi connectivity index (χ4v) is 1.66. The minimum atomic E-state index is 0.617. The summed E-state index contributed by atoms with van der Waals surface area (Å²) in [5.41, 5.74) is 2.26. The molecule has 0 aromatic heterocycles. The van der Waals surface area contributed by atoms with Gasteiger partial charge in [-0.05, 0) is 36.1 Å². The zero-order valence-corrected chi connectivity index (χ0v) is 10.9. The molecule has 0 aliphatic heterocycles. The molecule has 1 aromatic rings. The first-order valence-corrected chi connectivity index (χ1v) is 6.38. The Morgan fingerprint density at radius 3 is 2.67 bits per heavy atom. The molecule has 1 saturated carbocycles. The summed E-state index contributed by atoms with van der Waals surface area (Å²) in [4.78, 5) is 0. The lowest BCUT2D eigenvalue weighted by molar-refractivity contribution is 0.141. The zero-order chi connectivity index (χ0) is 12.8. The van der Waals surface area contributed by atoms with E-state index in [0.29, 0.717) is 13.2 Å². The van der Waals surface area contributed by atoms with Gasteiger partial charge in [0.15, 0.2) is 0 Å². The monoisotopic (exact) mass is 247 g/mol. The predicted octanol–water partition coefficient (Wildman–Crippen LogP) is 2.52. The minimum absolute atomic E-state index is 0.617. The van der Waals surface area contributed by atoms with Gasteiger partial charge in [-0.25, -0.2) is 0 Å². The Kier molecular flexibility index (Phi) is 4.79. The van der Waals surface area contributed by atoms with Crippen LogP contribution in [0.2, 0.25) is 0 Å². The van der Waals surface area contributed by atoms with Crippen LogP contribution in [-0.2, 0) is 11.3 Å². The van der Waals surface area contributed by atoms with Crippen LogP contribution < -0.4 is 10.1 Å². The molecule has 3 nitrogen and oxygen atoms in total. The topological polar surface area (TPSA) is 30.5 Å². The van der Waals surface area contributed by atoms with E-state index >= 15 is 0 Å². The summed E-state index contributed by atoms with van der Waals surface area (Å²) in [7, 11) is 1.67. The van der Waals surface area contributed by atoms with Crippen molar-refractivity contribution >= 4 is 0 Å². The smallest absolute Gasteiger partial charge is 0.118 e. The summed E-state index contributed by atoms with van der Waals surface area (Å²) in [6.45, 7) is 6.11. The van der Waals surface area contributed by atoms with E-state index in [1.54, 1.807) is 7.11 Å². The molecule has 1 N–H and O–H groups in total. The third kappa shape index (κ3) is 4.51. The molecule has 2 rings (SSSR count). The highest BCUT2D eigenvalue weighted by Crippen LogP contribution is 2.18. The van der Waals surface area contributed by atoms with Gasteiger partial charge < -0.3 is 14.8 Å². The Bertz CT molecular complexity index is 382. The Morgan fingerprint density at radius 2 is 2.06 bits per heavy atom. The van der Waals surface area contributed by atoms with Crippen molar-refractivity contribution in [2.24, 2.45) is 0 Å². The highest BCUT2D eigenvalue weighted by atomic mass is 16.5. The van der Waals surface area contributed by atoms with Crippen LogP contribution in [0.4, 0.5) is 0 Å². The summed E-state index contributed by atoms with van der Waals surface area (Å²) in [5.74, 6) is 0.872. The zero-order valence-electron chi connectivity index (χ0n) is 10.9. The van der Waals surface area contributed by atoms with E-state index in [1.165, 1.54) is 12.8 Å². The van der Waals surface area contributed by atoms with Gasteiger partial charge in [-0.3, -0.25) is 0 Å². The number of hydrogen-bond donors (Lipinski definition) is 1. The van der Waals surface area contributed by atoms with Crippen LogP contribution in [0.5, 0.6) is 5.75 Å². The molecule has 1 aromatic carbocycles. The molecule has 0 saturated heterocycles. The fourth-order valence-electron chi connectivity index (χ4n) is 1.66. The Labute approximate surface area is 109 Å². The quantitative estimate of drug-likeness (QED) is 0.716. The summed E-state index contributed by atoms with van der Waals surface area (Å²) in [6, 6.07) is 8.65. The number of methoxy groups -OCH3 is 1. The molecule has 18 heavy (non-hydrogen) atoms. The highest BCUT2D eigenvalue weighted by molar-refractivity contribution is 5.26. The number of rotatable bonds is 8. The molecule has 3 heteroatoms. The highest BCUT2D eigenvalue weighted by Gasteiger charge is 2.19. The largest absolute Gasteiger partial charge is 0.497 e. The van der Waals surface area contributed by atoms with Gasteiger partial charge in [0.05, 0.1) is 20.3 Å². The normalized spacial score (nSPS) is 14.5. The summed E-state index contributed by atoms with van der Waals surface area (Å²) >= 11 is 0. The molecule has 1 aliphatic rings. The van der Waals surface area contributed by atoms with E-state index in [2.05, 4.69) is 11.9 Å². The van der Waals surface area contributed by atoms with Gasteiger partial charge in [0.1, 0.15) is 5.75 Å². The average molecular weight is 247 g/mol. The second-order valence-electron chi connectivity index (χ2n) is 4.75. The van der Waals surface area contributed by atoms with Crippen molar-refractivity contribution in [1.29, 1.82) is 0 Å². The number of benzene rings is 1. The van der Waals surface area contributed by atoms with Crippen LogP contribution in [0.1, 0.15) is 18.4 Å². The molecule has 1 fully saturated rings. The van der Waals surface area contributed by atoms with Crippen molar-refractivity contribution in [1.82, 2.24) is 5.32 Å². The maximum Gasteiger partial charge on any atom is 0.118 e. The molecule has 0 amide bonds. The van der Waals surface area contributed by atoms with E-state index in [1.807, 2.05) is 24.3 Å². The van der Waals surface area contributed by atoms with E-state index in [9.17, 15) is 0 Å². The predicted molar refractivity (Wildman–Crippen MR) is 72.8 cm³/mol. The number of ether oxygens (including phenoxy) is 2. The first-order valence-electron chi connectivity index (χ1n) is 6.38. The van der Waals surface area contributed by atoms with Gasteiger partial charge in [-0.2, -0.15) is 0 Å². The van der Waals surface area contributed by atoms with Crippen molar-refractivity contribution in [2.75, 3.05) is 20.3 Å². The van der Waals surface area contributed by atoms with Crippen molar-refractivity contribution in [3.63, 3.8) is 0 Å². The third-order valence-corrected chi connectivity index (χ3v) is 2.95. The van der Waals surface area contributed by atoms with Gasteiger partial charge in [-0.15, -0.1) is 0 Å². The maximum atomic E-state index is 5.63. The van der Waals surface area contributed by atoms with E-state index in [-0.39, 0.29) is 0 Å². The second kappa shape index (κ2) is 6.57. The molecule has 0 radical (unpaired) electrons. The lowest BCUT2D eigenvalue weighted by atomic mass is 10.2. The number of hydrogen-bond acceptors (Lipinski definition) is 3. The van der Waals surface area contributed by atoms with E-state index in [0.717, 1.165) is 29.5 Å². The molecule has 0 bridgehead atoms. The lowest BCUT2D eigenvalue weighted by Gasteiger charge is -2.08. The van der Waals surface area contributed by atoms with Crippen LogP contribution in [-0.4, -0.2) is 26.3 Å². The molecule has 0 unspecified atom stereocenters. The van der Waals surface area contributed by atoms with E-state index in [4.69, 9.17) is 9.47 Å². The molecule has 1 aliphatic carbocycles. The van der Waals surface area contributed by atoms with Gasteiger partial charge >= 0.3 is 0 Å². The molecular formula is C15H21NO2. The van der Waals surface area contributed by atoms with Gasteiger partial charge in [-0.1, -0.05) is 18.7 Å². The van der Waals surface area contributed by atoms with Crippen LogP contribution >= 0.6 is 0 Å². The average Bonchev–Trinajstić information content (AvgIpc) is 3.21. The Balaban J connectivity index is 1.62. The molecular weight excluding hydrogens is 226 g/mol. The number of nitrogens with one attached hydrogen (secondary N) is 1. The molecule has 98 valence electrons. The molecule has 0 spiro atoms. The van der Waals surface area contributed by atoms with E-state index < -0.39 is 0 Å². The third-order valence-electron chi connectivity index (χ3n) is 2.95. The molecule has 0 heterocycles. The van der Waals surface area contributed by atoms with Crippen molar-refractivity contribution in [2.45, 2.75) is 25.5 Å². The second-order valence-corrected chi connectivity index (χ2v) is 4.75. The van der Waals surface area contributed by atoms with Crippen molar-refractivity contribution < 1.29 is 9.47 Å². The summed E-state index contributed by atoms with van der Waals surface area (Å²) < 4.78 is 10.7. The summed E-state index contributed by atoms with van der Waals surface area (Å²) in [5, 5.41) is 3.42. The van der Waals surface area contributed by atoms with Crippen LogP contribution in [0.15, 0.2) is 36.4 Å². The SMILES string of the molecule is C=C(CNC1CC1)COCc1ccc(OC)cc1. The lowest BCUT2D eigenvalue weighted by Crippen LogP contribution is -2.20. The van der Waals surface area contributed by atoms with Gasteiger partial charge in [0.2, 0.25) is 0 Å². The van der Waals surface area contributed by atoms with Crippen molar-refractivity contribution in [3.05, 3.63) is 42.0 Å². The van der Waals surface area contributed by atoms with Gasteiger partial charge in [0.25, 0.3) is 0 Å². The first-order chi connectivity index (χ1) is 8.78. The fraction of sp³-hybridized carbons (Fsp3) is 0.467. The van der Waals surface area contributed by atoms with Crippen LogP contribution in [0, 0.1) is 0 Å². The minimum Gasteiger partial charge on any atom is -0.497 e. The maximum absolute atomic E-state index is 5.63. The Morgan fingerprint density at radius 1 is 1.33 bits per heavy atom. The van der Waals surface area contributed by atoms with Crippen LogP contribution in [0.25, 0.3) is 0 Å². The Hall–Kier alpha value is -1.32. The molecule has 0 atom stereocenters. The standard InChI is InChI=1S/C15H21NO2/c1-12(9-16-14-5-6-14)10-18-11-13-3-7-15(17-2)8-4-13/h3-4,7-8,14,16H,1,5-6,9-11H2,2H3. The van der Waals surface area contributed by atoms with Crippen molar-refractivity contribution in [3.8, 4) is 5.75 Å². The van der Waals surface area contributed by atoms with Crippen LogP contribution in [0.3, 0.4) is 0 Å². The first kappa shape index (κ1) is 13.1. The van der Waals surface area contributed by atoms with Gasteiger partial charge in [0, 0.05) is 12.6 Å². The summed E-state index contributed by atoms with van der Waals surface area (Å²) in [6.07, 6.45) is 2.61.